The van der Waals surface area contributed by atoms with Crippen LogP contribution < -0.4 is 9.47 Å². The fourth-order valence-electron chi connectivity index (χ4n) is 3.24. The maximum Gasteiger partial charge on any atom is 0.268 e. The Bertz CT molecular complexity index is 773. The lowest BCUT2D eigenvalue weighted by Crippen LogP contribution is -2.52. The molecule has 0 N–H and O–H groups in total. The monoisotopic (exact) mass is 328 g/mol. The molecule has 24 heavy (non-hydrogen) atoms. The molecule has 0 saturated heterocycles. The first-order valence-corrected chi connectivity index (χ1v) is 8.29. The van der Waals surface area contributed by atoms with Gasteiger partial charge in [-0.05, 0) is 19.1 Å². The highest BCUT2D eigenvalue weighted by Gasteiger charge is 2.38. The molecule has 2 aromatic rings. The zero-order valence-corrected chi connectivity index (χ0v) is 13.8. The molecule has 0 radical (unpaired) electrons. The number of rotatable bonds is 2. The lowest BCUT2D eigenvalue weighted by molar-refractivity contribution is -0.146. The highest BCUT2D eigenvalue weighted by atomic mass is 16.6. The molecule has 1 amide bonds. The van der Waals surface area contributed by atoms with Gasteiger partial charge in [0.25, 0.3) is 5.91 Å². The molecular weight excluding hydrogens is 308 g/mol. The van der Waals surface area contributed by atoms with E-state index >= 15 is 0 Å². The number of hydrogen-bond acceptors (Lipinski definition) is 5. The minimum atomic E-state index is -0.639. The zero-order chi connectivity index (χ0) is 16.7. The molecule has 1 aromatic carbocycles. The van der Waals surface area contributed by atoms with E-state index in [-0.39, 0.29) is 12.0 Å². The third-order valence-electron chi connectivity index (χ3n) is 4.54. The summed E-state index contributed by atoms with van der Waals surface area (Å²) in [6.45, 7) is 5.72. The normalized spacial score (nSPS) is 22.2. The molecule has 126 valence electrons. The van der Waals surface area contributed by atoms with E-state index in [1.807, 2.05) is 31.2 Å². The van der Waals surface area contributed by atoms with Crippen molar-refractivity contribution in [1.29, 1.82) is 0 Å². The lowest BCUT2D eigenvalue weighted by atomic mass is 10.1. The smallest absolute Gasteiger partial charge is 0.268 e. The Morgan fingerprint density at radius 3 is 2.71 bits per heavy atom. The summed E-state index contributed by atoms with van der Waals surface area (Å²) >= 11 is 0. The van der Waals surface area contributed by atoms with E-state index < -0.39 is 6.10 Å². The van der Waals surface area contributed by atoms with Crippen molar-refractivity contribution < 1.29 is 14.3 Å². The standard InChI is InChI=1S/C17H20N4O3/c1-3-14-18-19-15-10-20(8-9-21(14)15)17(22)16-11(2)23-12-6-4-5-7-13(12)24-16/h4-7,11,16H,3,8-10H2,1-2H3/t11-,16-/m0/s1. The van der Waals surface area contributed by atoms with Crippen LogP contribution >= 0.6 is 0 Å². The first-order chi connectivity index (χ1) is 11.7. The van der Waals surface area contributed by atoms with E-state index in [1.54, 1.807) is 4.90 Å². The molecule has 4 rings (SSSR count). The first-order valence-electron chi connectivity index (χ1n) is 8.29. The van der Waals surface area contributed by atoms with E-state index in [0.29, 0.717) is 24.6 Å². The van der Waals surface area contributed by atoms with Crippen molar-refractivity contribution in [1.82, 2.24) is 19.7 Å². The van der Waals surface area contributed by atoms with E-state index in [1.165, 1.54) is 0 Å². The van der Waals surface area contributed by atoms with Gasteiger partial charge < -0.3 is 18.9 Å². The van der Waals surface area contributed by atoms with Crippen molar-refractivity contribution in [3.63, 3.8) is 0 Å². The SMILES string of the molecule is CCc1nnc2n1CCN(C(=O)[C@H]1Oc3ccccc3O[C@H]1C)C2. The number of fused-ring (bicyclic) bond motifs is 2. The maximum absolute atomic E-state index is 12.9. The first kappa shape index (κ1) is 15.0. The quantitative estimate of drug-likeness (QED) is 0.834. The predicted octanol–water partition coefficient (Wildman–Crippen LogP) is 1.41. The summed E-state index contributed by atoms with van der Waals surface area (Å²) in [5, 5.41) is 8.39. The van der Waals surface area contributed by atoms with Crippen LogP contribution in [0.4, 0.5) is 0 Å². The summed E-state index contributed by atoms with van der Waals surface area (Å²) in [7, 11) is 0. The minimum absolute atomic E-state index is 0.0655. The number of nitrogens with zero attached hydrogens (tertiary/aromatic N) is 4. The van der Waals surface area contributed by atoms with Gasteiger partial charge in [0, 0.05) is 19.5 Å². The van der Waals surface area contributed by atoms with Gasteiger partial charge in [0.2, 0.25) is 6.10 Å². The van der Waals surface area contributed by atoms with Gasteiger partial charge in [0.05, 0.1) is 6.54 Å². The summed E-state index contributed by atoms with van der Waals surface area (Å²) in [5.41, 5.74) is 0. The number of aryl methyl sites for hydroxylation is 1. The Kier molecular flexibility index (Phi) is 3.63. The van der Waals surface area contributed by atoms with Crippen LogP contribution in [0, 0.1) is 0 Å². The molecule has 0 aliphatic carbocycles. The molecule has 0 fully saturated rings. The minimum Gasteiger partial charge on any atom is -0.482 e. The average molecular weight is 328 g/mol. The Balaban J connectivity index is 1.52. The van der Waals surface area contributed by atoms with Crippen LogP contribution in [-0.2, 0) is 24.3 Å². The lowest BCUT2D eigenvalue weighted by Gasteiger charge is -2.35. The van der Waals surface area contributed by atoms with Crippen LogP contribution in [-0.4, -0.2) is 44.3 Å². The number of para-hydroxylation sites is 2. The van der Waals surface area contributed by atoms with Crippen molar-refractivity contribution in [2.45, 2.75) is 45.6 Å². The second-order valence-electron chi connectivity index (χ2n) is 6.11. The van der Waals surface area contributed by atoms with Crippen LogP contribution in [0.3, 0.4) is 0 Å². The van der Waals surface area contributed by atoms with Crippen LogP contribution in [0.5, 0.6) is 11.5 Å². The van der Waals surface area contributed by atoms with E-state index in [4.69, 9.17) is 9.47 Å². The van der Waals surface area contributed by atoms with Crippen molar-refractivity contribution >= 4 is 5.91 Å². The molecule has 3 heterocycles. The predicted molar refractivity (Wildman–Crippen MR) is 85.8 cm³/mol. The number of aromatic nitrogens is 3. The third kappa shape index (κ3) is 2.40. The third-order valence-corrected chi connectivity index (χ3v) is 4.54. The van der Waals surface area contributed by atoms with Gasteiger partial charge in [-0.1, -0.05) is 19.1 Å². The zero-order valence-electron chi connectivity index (χ0n) is 13.8. The highest BCUT2D eigenvalue weighted by Crippen LogP contribution is 2.34. The molecule has 1 aromatic heterocycles. The Labute approximate surface area is 140 Å². The Morgan fingerprint density at radius 1 is 1.21 bits per heavy atom. The number of amides is 1. The second kappa shape index (κ2) is 5.81. The van der Waals surface area contributed by atoms with Gasteiger partial charge in [-0.25, -0.2) is 0 Å². The summed E-state index contributed by atoms with van der Waals surface area (Å²) in [6.07, 6.45) is -0.132. The number of hydrogen-bond donors (Lipinski definition) is 0. The molecule has 2 aliphatic rings. The molecule has 0 spiro atoms. The highest BCUT2D eigenvalue weighted by molar-refractivity contribution is 5.82. The number of ether oxygens (including phenoxy) is 2. The van der Waals surface area contributed by atoms with E-state index in [2.05, 4.69) is 21.7 Å². The topological polar surface area (TPSA) is 69.5 Å². The van der Waals surface area contributed by atoms with Crippen molar-refractivity contribution in [3.8, 4) is 11.5 Å². The van der Waals surface area contributed by atoms with Crippen LogP contribution in [0.15, 0.2) is 24.3 Å². The van der Waals surface area contributed by atoms with Crippen molar-refractivity contribution in [2.75, 3.05) is 6.54 Å². The van der Waals surface area contributed by atoms with Gasteiger partial charge in [0.1, 0.15) is 11.9 Å². The number of carbonyl (C=O) groups excluding carboxylic acids is 1. The molecule has 2 atom stereocenters. The van der Waals surface area contributed by atoms with Gasteiger partial charge in [0.15, 0.2) is 17.3 Å². The maximum atomic E-state index is 12.9. The number of benzene rings is 1. The van der Waals surface area contributed by atoms with Gasteiger partial charge in [-0.3, -0.25) is 4.79 Å². The fraction of sp³-hybridized carbons (Fsp3) is 0.471. The van der Waals surface area contributed by atoms with Crippen LogP contribution in [0.1, 0.15) is 25.5 Å². The largest absolute Gasteiger partial charge is 0.482 e. The molecule has 0 bridgehead atoms. The summed E-state index contributed by atoms with van der Waals surface area (Å²) in [5.74, 6) is 3.03. The Morgan fingerprint density at radius 2 is 1.96 bits per heavy atom. The summed E-state index contributed by atoms with van der Waals surface area (Å²) in [6, 6.07) is 7.43. The molecule has 2 aliphatic heterocycles. The molecule has 0 unspecified atom stereocenters. The van der Waals surface area contributed by atoms with Gasteiger partial charge >= 0.3 is 0 Å². The molecular formula is C17H20N4O3. The molecule has 7 nitrogen and oxygen atoms in total. The number of carbonyl (C=O) groups is 1. The summed E-state index contributed by atoms with van der Waals surface area (Å²) < 4.78 is 13.9. The van der Waals surface area contributed by atoms with E-state index in [0.717, 1.165) is 24.6 Å². The van der Waals surface area contributed by atoms with Crippen LogP contribution in [0.2, 0.25) is 0 Å². The van der Waals surface area contributed by atoms with Crippen molar-refractivity contribution in [2.24, 2.45) is 0 Å². The van der Waals surface area contributed by atoms with Gasteiger partial charge in [-0.2, -0.15) is 0 Å². The molecule has 7 heteroatoms. The van der Waals surface area contributed by atoms with E-state index in [9.17, 15) is 4.79 Å². The summed E-state index contributed by atoms with van der Waals surface area (Å²) in [4.78, 5) is 14.7. The average Bonchev–Trinajstić information content (AvgIpc) is 3.02. The second-order valence-corrected chi connectivity index (χ2v) is 6.11. The van der Waals surface area contributed by atoms with Crippen LogP contribution in [0.25, 0.3) is 0 Å². The van der Waals surface area contributed by atoms with Gasteiger partial charge in [-0.15, -0.1) is 10.2 Å². The Hall–Kier alpha value is -2.57. The molecule has 0 saturated carbocycles. The van der Waals surface area contributed by atoms with Crippen molar-refractivity contribution in [3.05, 3.63) is 35.9 Å². The fourth-order valence-corrected chi connectivity index (χ4v) is 3.24.